The van der Waals surface area contributed by atoms with Gasteiger partial charge in [0.1, 0.15) is 10.0 Å². The summed E-state index contributed by atoms with van der Waals surface area (Å²) in [5.41, 5.74) is 7.47. The molecular weight excluding hydrogens is 304 g/mol. The van der Waals surface area contributed by atoms with E-state index in [1.165, 1.54) is 11.3 Å². The van der Waals surface area contributed by atoms with Crippen molar-refractivity contribution in [3.63, 3.8) is 0 Å². The summed E-state index contributed by atoms with van der Waals surface area (Å²) in [7, 11) is 0. The van der Waals surface area contributed by atoms with Crippen molar-refractivity contribution in [2.45, 2.75) is 6.92 Å². The average molecular weight is 313 g/mol. The molecule has 0 saturated carbocycles. The maximum absolute atomic E-state index is 10.8. The smallest absolute Gasteiger partial charge is 0.357 e. The molecule has 0 bridgehead atoms. The van der Waals surface area contributed by atoms with Gasteiger partial charge in [-0.05, 0) is 24.6 Å². The minimum Gasteiger partial charge on any atom is -0.476 e. The number of anilines is 1. The number of hydrogen-bond donors (Lipinski definition) is 2. The van der Waals surface area contributed by atoms with Crippen molar-refractivity contribution in [3.8, 4) is 10.6 Å². The molecule has 3 N–H and O–H groups in total. The van der Waals surface area contributed by atoms with Gasteiger partial charge in [-0.15, -0.1) is 0 Å². The molecule has 0 amide bonds. The topological polar surface area (TPSA) is 76.2 Å². The third kappa shape index (κ3) is 2.32. The first-order valence-corrected chi connectivity index (χ1v) is 6.36. The van der Waals surface area contributed by atoms with Crippen LogP contribution in [0.1, 0.15) is 16.1 Å². The molecule has 4 nitrogen and oxygen atoms in total. The predicted molar refractivity (Wildman–Crippen MR) is 71.4 cm³/mol. The number of carbonyl (C=O) groups is 1. The van der Waals surface area contributed by atoms with Crippen molar-refractivity contribution >= 4 is 38.2 Å². The van der Waals surface area contributed by atoms with Gasteiger partial charge >= 0.3 is 5.97 Å². The van der Waals surface area contributed by atoms with Crippen LogP contribution in [0, 0.1) is 6.92 Å². The van der Waals surface area contributed by atoms with Crippen molar-refractivity contribution in [1.29, 1.82) is 0 Å². The Hall–Kier alpha value is -1.40. The molecule has 0 saturated heterocycles. The summed E-state index contributed by atoms with van der Waals surface area (Å²) >= 11 is 4.59. The number of nitrogens with two attached hydrogens (primary N) is 1. The summed E-state index contributed by atoms with van der Waals surface area (Å²) in [5.74, 6) is -1.10. The first-order chi connectivity index (χ1) is 7.99. The van der Waals surface area contributed by atoms with E-state index >= 15 is 0 Å². The molecule has 0 aliphatic rings. The molecule has 0 fully saturated rings. The zero-order valence-electron chi connectivity index (χ0n) is 8.90. The van der Waals surface area contributed by atoms with E-state index in [9.17, 15) is 4.79 Å². The van der Waals surface area contributed by atoms with Gasteiger partial charge in [0.25, 0.3) is 0 Å². The molecule has 1 aromatic carbocycles. The maximum atomic E-state index is 10.8. The average Bonchev–Trinajstić information content (AvgIpc) is 2.64. The summed E-state index contributed by atoms with van der Waals surface area (Å²) in [6.07, 6.45) is 0. The molecule has 6 heteroatoms. The zero-order chi connectivity index (χ0) is 12.6. The Balaban J connectivity index is 2.50. The second-order valence-electron chi connectivity index (χ2n) is 3.50. The van der Waals surface area contributed by atoms with E-state index in [0.29, 0.717) is 5.01 Å². The molecule has 0 aliphatic heterocycles. The van der Waals surface area contributed by atoms with Crippen molar-refractivity contribution in [2.75, 3.05) is 5.73 Å². The Morgan fingerprint density at radius 1 is 1.53 bits per heavy atom. The van der Waals surface area contributed by atoms with Crippen LogP contribution in [0.15, 0.2) is 22.7 Å². The van der Waals surface area contributed by atoms with Crippen LogP contribution in [0.25, 0.3) is 10.6 Å². The lowest BCUT2D eigenvalue weighted by atomic mass is 10.1. The third-order valence-corrected chi connectivity index (χ3v) is 4.08. The minimum atomic E-state index is -1.10. The highest BCUT2D eigenvalue weighted by Gasteiger charge is 2.16. The maximum Gasteiger partial charge on any atom is 0.357 e. The number of benzene rings is 1. The zero-order valence-corrected chi connectivity index (χ0v) is 11.3. The molecule has 2 rings (SSSR count). The fraction of sp³-hybridized carbons (Fsp3) is 0.0909. The standard InChI is InChI=1S/C11H9BrN2O2S/c1-5-4-6(2-3-7(5)12)10-14-8(11(15)16)9(13)17-10/h2-4H,13H2,1H3,(H,15,16). The summed E-state index contributed by atoms with van der Waals surface area (Å²) in [5, 5.41) is 9.73. The van der Waals surface area contributed by atoms with Gasteiger partial charge in [0.05, 0.1) is 0 Å². The number of nitrogen functional groups attached to an aromatic ring is 1. The summed E-state index contributed by atoms with van der Waals surface area (Å²) < 4.78 is 1.00. The van der Waals surface area contributed by atoms with E-state index in [1.54, 1.807) is 0 Å². The van der Waals surface area contributed by atoms with Crippen molar-refractivity contribution in [1.82, 2.24) is 4.98 Å². The van der Waals surface area contributed by atoms with Gasteiger partial charge < -0.3 is 10.8 Å². The fourth-order valence-electron chi connectivity index (χ4n) is 1.39. The van der Waals surface area contributed by atoms with Crippen LogP contribution in [-0.2, 0) is 0 Å². The molecule has 2 aromatic rings. The summed E-state index contributed by atoms with van der Waals surface area (Å²) in [4.78, 5) is 14.9. The van der Waals surface area contributed by atoms with E-state index < -0.39 is 5.97 Å². The molecule has 0 aliphatic carbocycles. The van der Waals surface area contributed by atoms with E-state index in [1.807, 2.05) is 25.1 Å². The van der Waals surface area contributed by atoms with E-state index in [-0.39, 0.29) is 10.7 Å². The lowest BCUT2D eigenvalue weighted by molar-refractivity contribution is 0.0692. The molecule has 1 aromatic heterocycles. The Morgan fingerprint density at radius 2 is 2.24 bits per heavy atom. The fourth-order valence-corrected chi connectivity index (χ4v) is 2.45. The van der Waals surface area contributed by atoms with Crippen LogP contribution in [0.2, 0.25) is 0 Å². The summed E-state index contributed by atoms with van der Waals surface area (Å²) in [6.45, 7) is 1.96. The Morgan fingerprint density at radius 3 is 2.76 bits per heavy atom. The monoisotopic (exact) mass is 312 g/mol. The van der Waals surface area contributed by atoms with Gasteiger partial charge in [-0.1, -0.05) is 33.3 Å². The predicted octanol–water partition coefficient (Wildman–Crippen LogP) is 3.16. The van der Waals surface area contributed by atoms with Gasteiger partial charge in [-0.3, -0.25) is 0 Å². The number of hydrogen-bond acceptors (Lipinski definition) is 4. The van der Waals surface area contributed by atoms with Crippen LogP contribution in [0.3, 0.4) is 0 Å². The number of halogens is 1. The van der Waals surface area contributed by atoms with Crippen LogP contribution in [0.5, 0.6) is 0 Å². The quantitative estimate of drug-likeness (QED) is 0.893. The molecule has 0 unspecified atom stereocenters. The first-order valence-electron chi connectivity index (χ1n) is 4.75. The van der Waals surface area contributed by atoms with Crippen LogP contribution in [-0.4, -0.2) is 16.1 Å². The van der Waals surface area contributed by atoms with Crippen molar-refractivity contribution in [2.24, 2.45) is 0 Å². The van der Waals surface area contributed by atoms with Crippen LogP contribution < -0.4 is 5.73 Å². The summed E-state index contributed by atoms with van der Waals surface area (Å²) in [6, 6.07) is 5.72. The SMILES string of the molecule is Cc1cc(-c2nc(C(=O)O)c(N)s2)ccc1Br. The number of rotatable bonds is 2. The van der Waals surface area contributed by atoms with Gasteiger partial charge in [0, 0.05) is 10.0 Å². The molecular formula is C11H9BrN2O2S. The Bertz CT molecular complexity index is 595. The second-order valence-corrected chi connectivity index (χ2v) is 5.39. The first kappa shape index (κ1) is 12.1. The Labute approximate surface area is 110 Å². The van der Waals surface area contributed by atoms with Crippen LogP contribution >= 0.6 is 27.3 Å². The number of aromatic nitrogens is 1. The van der Waals surface area contributed by atoms with Crippen molar-refractivity contribution < 1.29 is 9.90 Å². The minimum absolute atomic E-state index is 0.0782. The molecule has 0 spiro atoms. The van der Waals surface area contributed by atoms with E-state index in [4.69, 9.17) is 10.8 Å². The number of aromatic carboxylic acids is 1. The molecule has 0 radical (unpaired) electrons. The number of carboxylic acids is 1. The van der Waals surface area contributed by atoms with E-state index in [2.05, 4.69) is 20.9 Å². The van der Waals surface area contributed by atoms with Gasteiger partial charge in [-0.25, -0.2) is 9.78 Å². The lowest BCUT2D eigenvalue weighted by Crippen LogP contribution is -2.00. The number of carboxylic acid groups (broad SMARTS) is 1. The molecule has 88 valence electrons. The normalized spacial score (nSPS) is 10.5. The number of nitrogens with zero attached hydrogens (tertiary/aromatic N) is 1. The van der Waals surface area contributed by atoms with Crippen molar-refractivity contribution in [3.05, 3.63) is 33.9 Å². The highest BCUT2D eigenvalue weighted by Crippen LogP contribution is 2.31. The van der Waals surface area contributed by atoms with Crippen LogP contribution in [0.4, 0.5) is 5.00 Å². The highest BCUT2D eigenvalue weighted by atomic mass is 79.9. The van der Waals surface area contributed by atoms with Gasteiger partial charge in [0.2, 0.25) is 0 Å². The second kappa shape index (κ2) is 4.46. The van der Waals surface area contributed by atoms with Gasteiger partial charge in [0.15, 0.2) is 5.69 Å². The van der Waals surface area contributed by atoms with E-state index in [0.717, 1.165) is 15.6 Å². The largest absolute Gasteiger partial charge is 0.476 e. The Kier molecular flexibility index (Phi) is 3.17. The number of thiazole rings is 1. The highest BCUT2D eigenvalue weighted by molar-refractivity contribution is 9.10. The van der Waals surface area contributed by atoms with Gasteiger partial charge in [-0.2, -0.15) is 0 Å². The molecule has 0 atom stereocenters. The molecule has 17 heavy (non-hydrogen) atoms. The molecule has 1 heterocycles. The third-order valence-electron chi connectivity index (χ3n) is 2.26. The lowest BCUT2D eigenvalue weighted by Gasteiger charge is -2.00. The number of aryl methyl sites for hydroxylation is 1.